The summed E-state index contributed by atoms with van der Waals surface area (Å²) in [6, 6.07) is 6.10. The first-order valence-corrected chi connectivity index (χ1v) is 5.13. The van der Waals surface area contributed by atoms with E-state index in [0.29, 0.717) is 18.9 Å². The average molecular weight is 192 g/mol. The predicted octanol–water partition coefficient (Wildman–Crippen LogP) is 2.63. The van der Waals surface area contributed by atoms with Crippen molar-refractivity contribution in [2.45, 2.75) is 32.3 Å². The van der Waals surface area contributed by atoms with Crippen molar-refractivity contribution < 1.29 is 9.84 Å². The van der Waals surface area contributed by atoms with E-state index < -0.39 is 0 Å². The van der Waals surface area contributed by atoms with Gasteiger partial charge in [0.2, 0.25) is 0 Å². The molecule has 0 saturated carbocycles. The summed E-state index contributed by atoms with van der Waals surface area (Å²) >= 11 is 0. The van der Waals surface area contributed by atoms with Gasteiger partial charge in [-0.05, 0) is 23.6 Å². The summed E-state index contributed by atoms with van der Waals surface area (Å²) < 4.78 is 5.47. The summed E-state index contributed by atoms with van der Waals surface area (Å²) in [6.45, 7) is 4.92. The summed E-state index contributed by atoms with van der Waals surface area (Å²) in [5.74, 6) is 1.34. The van der Waals surface area contributed by atoms with Gasteiger partial charge in [-0.25, -0.2) is 0 Å². The van der Waals surface area contributed by atoms with Gasteiger partial charge in [0.05, 0.1) is 12.7 Å². The van der Waals surface area contributed by atoms with Crippen LogP contribution in [0.4, 0.5) is 0 Å². The highest BCUT2D eigenvalue weighted by Crippen LogP contribution is 2.33. The van der Waals surface area contributed by atoms with Crippen LogP contribution in [-0.2, 0) is 0 Å². The van der Waals surface area contributed by atoms with Gasteiger partial charge >= 0.3 is 0 Å². The van der Waals surface area contributed by atoms with Crippen LogP contribution >= 0.6 is 0 Å². The van der Waals surface area contributed by atoms with E-state index >= 15 is 0 Å². The highest BCUT2D eigenvalue weighted by atomic mass is 16.5. The topological polar surface area (TPSA) is 29.5 Å². The molecule has 1 N–H and O–H groups in total. The Bertz CT molecular complexity index is 331. The smallest absolute Gasteiger partial charge is 0.125 e. The number of hydrogen-bond donors (Lipinski definition) is 1. The lowest BCUT2D eigenvalue weighted by Gasteiger charge is -2.23. The van der Waals surface area contributed by atoms with Crippen LogP contribution < -0.4 is 4.74 Å². The standard InChI is InChI=1S/C12H16O2/c1-8(2)9-3-4-12-10(7-9)11(13)5-6-14-12/h3-4,7-8,11,13H,5-6H2,1-2H3. The zero-order valence-corrected chi connectivity index (χ0v) is 8.66. The molecule has 1 aromatic rings. The van der Waals surface area contributed by atoms with Crippen molar-refractivity contribution in [3.8, 4) is 5.75 Å². The molecule has 1 aliphatic heterocycles. The van der Waals surface area contributed by atoms with Crippen LogP contribution in [0.5, 0.6) is 5.75 Å². The molecule has 0 radical (unpaired) electrons. The predicted molar refractivity (Wildman–Crippen MR) is 55.6 cm³/mol. The maximum atomic E-state index is 9.79. The molecular formula is C12H16O2. The average Bonchev–Trinajstić information content (AvgIpc) is 2.18. The van der Waals surface area contributed by atoms with E-state index in [1.807, 2.05) is 6.07 Å². The Balaban J connectivity index is 2.41. The van der Waals surface area contributed by atoms with Gasteiger partial charge in [-0.1, -0.05) is 19.9 Å². The van der Waals surface area contributed by atoms with Gasteiger partial charge in [0.15, 0.2) is 0 Å². The molecule has 2 rings (SSSR count). The third kappa shape index (κ3) is 1.62. The zero-order chi connectivity index (χ0) is 10.1. The molecule has 1 atom stereocenters. The second kappa shape index (κ2) is 3.62. The summed E-state index contributed by atoms with van der Waals surface area (Å²) in [5, 5.41) is 9.79. The second-order valence-electron chi connectivity index (χ2n) is 4.10. The van der Waals surface area contributed by atoms with Crippen LogP contribution in [-0.4, -0.2) is 11.7 Å². The summed E-state index contributed by atoms with van der Waals surface area (Å²) in [5.41, 5.74) is 2.20. The Morgan fingerprint density at radius 2 is 2.21 bits per heavy atom. The largest absolute Gasteiger partial charge is 0.493 e. The first-order valence-electron chi connectivity index (χ1n) is 5.13. The van der Waals surface area contributed by atoms with Crippen molar-refractivity contribution >= 4 is 0 Å². The quantitative estimate of drug-likeness (QED) is 0.741. The molecule has 1 aliphatic rings. The number of benzene rings is 1. The number of hydrogen-bond acceptors (Lipinski definition) is 2. The van der Waals surface area contributed by atoms with Crippen molar-refractivity contribution in [1.82, 2.24) is 0 Å². The van der Waals surface area contributed by atoms with Crippen LogP contribution in [0.25, 0.3) is 0 Å². The van der Waals surface area contributed by atoms with E-state index in [-0.39, 0.29) is 6.10 Å². The Kier molecular flexibility index (Phi) is 2.46. The molecule has 76 valence electrons. The van der Waals surface area contributed by atoms with Crippen molar-refractivity contribution in [1.29, 1.82) is 0 Å². The van der Waals surface area contributed by atoms with Crippen LogP contribution in [0.2, 0.25) is 0 Å². The molecule has 0 amide bonds. The minimum atomic E-state index is -0.350. The lowest BCUT2D eigenvalue weighted by atomic mass is 9.96. The molecular weight excluding hydrogens is 176 g/mol. The van der Waals surface area contributed by atoms with Gasteiger partial charge in [0.1, 0.15) is 5.75 Å². The molecule has 1 aromatic carbocycles. The monoisotopic (exact) mass is 192 g/mol. The maximum Gasteiger partial charge on any atom is 0.125 e. The lowest BCUT2D eigenvalue weighted by Crippen LogP contribution is -2.14. The molecule has 0 bridgehead atoms. The first-order chi connectivity index (χ1) is 6.68. The molecule has 0 fully saturated rings. The first kappa shape index (κ1) is 9.53. The molecule has 2 nitrogen and oxygen atoms in total. The normalized spacial score (nSPS) is 20.4. The van der Waals surface area contributed by atoms with E-state index in [1.54, 1.807) is 0 Å². The maximum absolute atomic E-state index is 9.79. The fraction of sp³-hybridized carbons (Fsp3) is 0.500. The molecule has 0 aliphatic carbocycles. The number of aliphatic hydroxyl groups is 1. The minimum Gasteiger partial charge on any atom is -0.493 e. The van der Waals surface area contributed by atoms with Gasteiger partial charge < -0.3 is 9.84 Å². The van der Waals surface area contributed by atoms with Crippen molar-refractivity contribution in [3.05, 3.63) is 29.3 Å². The highest BCUT2D eigenvalue weighted by Gasteiger charge is 2.19. The summed E-state index contributed by atoms with van der Waals surface area (Å²) in [4.78, 5) is 0. The molecule has 2 heteroatoms. The van der Waals surface area contributed by atoms with Gasteiger partial charge in [0.25, 0.3) is 0 Å². The van der Waals surface area contributed by atoms with Crippen molar-refractivity contribution in [3.63, 3.8) is 0 Å². The third-order valence-corrected chi connectivity index (χ3v) is 2.71. The van der Waals surface area contributed by atoms with Gasteiger partial charge in [-0.15, -0.1) is 0 Å². The van der Waals surface area contributed by atoms with Crippen LogP contribution in [0.3, 0.4) is 0 Å². The fourth-order valence-corrected chi connectivity index (χ4v) is 1.75. The number of fused-ring (bicyclic) bond motifs is 1. The highest BCUT2D eigenvalue weighted by molar-refractivity contribution is 5.40. The zero-order valence-electron chi connectivity index (χ0n) is 8.66. The van der Waals surface area contributed by atoms with Crippen LogP contribution in [0.15, 0.2) is 18.2 Å². The minimum absolute atomic E-state index is 0.350. The Hall–Kier alpha value is -1.02. The molecule has 0 saturated heterocycles. The molecule has 1 unspecified atom stereocenters. The van der Waals surface area contributed by atoms with E-state index in [2.05, 4.69) is 26.0 Å². The van der Waals surface area contributed by atoms with Gasteiger partial charge in [-0.2, -0.15) is 0 Å². The number of aliphatic hydroxyl groups excluding tert-OH is 1. The van der Waals surface area contributed by atoms with E-state index in [9.17, 15) is 5.11 Å². The van der Waals surface area contributed by atoms with Crippen LogP contribution in [0.1, 0.15) is 43.4 Å². The fourth-order valence-electron chi connectivity index (χ4n) is 1.75. The molecule has 0 aromatic heterocycles. The Morgan fingerprint density at radius 3 is 2.93 bits per heavy atom. The summed E-state index contributed by atoms with van der Waals surface area (Å²) in [6.07, 6.45) is 0.353. The Morgan fingerprint density at radius 1 is 1.43 bits per heavy atom. The SMILES string of the molecule is CC(C)c1ccc2c(c1)C(O)CCO2. The molecule has 14 heavy (non-hydrogen) atoms. The lowest BCUT2D eigenvalue weighted by molar-refractivity contribution is 0.115. The molecule has 0 spiro atoms. The second-order valence-corrected chi connectivity index (χ2v) is 4.10. The van der Waals surface area contributed by atoms with Crippen LogP contribution in [0, 0.1) is 0 Å². The van der Waals surface area contributed by atoms with E-state index in [0.717, 1.165) is 11.3 Å². The van der Waals surface area contributed by atoms with Crippen molar-refractivity contribution in [2.24, 2.45) is 0 Å². The van der Waals surface area contributed by atoms with Crippen molar-refractivity contribution in [2.75, 3.05) is 6.61 Å². The molecule has 1 heterocycles. The van der Waals surface area contributed by atoms with Gasteiger partial charge in [-0.3, -0.25) is 0 Å². The number of rotatable bonds is 1. The summed E-state index contributed by atoms with van der Waals surface area (Å²) in [7, 11) is 0. The van der Waals surface area contributed by atoms with E-state index in [4.69, 9.17) is 4.74 Å². The third-order valence-electron chi connectivity index (χ3n) is 2.71. The van der Waals surface area contributed by atoms with Gasteiger partial charge in [0, 0.05) is 12.0 Å². The van der Waals surface area contributed by atoms with E-state index in [1.165, 1.54) is 5.56 Å². The number of ether oxygens (including phenoxy) is 1. The Labute approximate surface area is 84.5 Å².